The first-order chi connectivity index (χ1) is 12.0. The molecule has 0 aromatic carbocycles. The monoisotopic (exact) mass is 341 g/mol. The first-order valence-corrected chi connectivity index (χ1v) is 10.4. The number of hydrogen-bond acceptors (Lipinski definition) is 3. The van der Waals surface area contributed by atoms with Gasteiger partial charge in [-0.15, -0.1) is 0 Å². The Balaban J connectivity index is 1.48. The van der Waals surface area contributed by atoms with Crippen molar-refractivity contribution >= 4 is 0 Å². The van der Waals surface area contributed by atoms with E-state index in [0.717, 1.165) is 63.1 Å². The van der Waals surface area contributed by atoms with Crippen molar-refractivity contribution in [3.05, 3.63) is 11.6 Å². The SMILES string of the molecule is CC12CCC3C(CC=C4CCC5(CC43C)OCCO5)C1CC(C#N)C2. The Morgan fingerprint density at radius 1 is 1.16 bits per heavy atom. The summed E-state index contributed by atoms with van der Waals surface area (Å²) in [7, 11) is 0. The van der Waals surface area contributed by atoms with Gasteiger partial charge in [-0.25, -0.2) is 0 Å². The van der Waals surface area contributed by atoms with Crippen LogP contribution in [0.1, 0.15) is 65.2 Å². The molecule has 0 aromatic heterocycles. The fourth-order valence-electron chi connectivity index (χ4n) is 7.66. The zero-order valence-corrected chi connectivity index (χ0v) is 15.7. The van der Waals surface area contributed by atoms with E-state index in [4.69, 9.17) is 9.47 Å². The molecule has 6 unspecified atom stereocenters. The van der Waals surface area contributed by atoms with Crippen LogP contribution < -0.4 is 0 Å². The molecule has 6 atom stereocenters. The molecule has 25 heavy (non-hydrogen) atoms. The number of hydrogen-bond donors (Lipinski definition) is 0. The molecular weight excluding hydrogens is 310 g/mol. The van der Waals surface area contributed by atoms with Crippen molar-refractivity contribution in [3.8, 4) is 6.07 Å². The third-order valence-electron chi connectivity index (χ3n) is 8.80. The van der Waals surface area contributed by atoms with Crippen molar-refractivity contribution in [1.29, 1.82) is 5.26 Å². The van der Waals surface area contributed by atoms with E-state index in [9.17, 15) is 5.26 Å². The van der Waals surface area contributed by atoms with Crippen molar-refractivity contribution < 1.29 is 9.47 Å². The summed E-state index contributed by atoms with van der Waals surface area (Å²) in [5.74, 6) is 2.20. The van der Waals surface area contributed by atoms with Gasteiger partial charge in [0.05, 0.1) is 19.3 Å². The second kappa shape index (κ2) is 5.33. The second-order valence-electron chi connectivity index (χ2n) is 10.0. The minimum atomic E-state index is -0.306. The predicted octanol–water partition coefficient (Wildman–Crippen LogP) is 4.83. The summed E-state index contributed by atoms with van der Waals surface area (Å²) in [5, 5.41) is 9.51. The van der Waals surface area contributed by atoms with E-state index < -0.39 is 0 Å². The quantitative estimate of drug-likeness (QED) is 0.593. The summed E-state index contributed by atoms with van der Waals surface area (Å²) >= 11 is 0. The van der Waals surface area contributed by atoms with E-state index in [1.165, 1.54) is 19.3 Å². The van der Waals surface area contributed by atoms with Gasteiger partial charge in [-0.3, -0.25) is 0 Å². The van der Waals surface area contributed by atoms with Gasteiger partial charge in [-0.1, -0.05) is 25.5 Å². The highest BCUT2D eigenvalue weighted by Crippen LogP contribution is 2.66. The molecule has 1 heterocycles. The van der Waals surface area contributed by atoms with Crippen LogP contribution in [0.5, 0.6) is 0 Å². The molecule has 0 bridgehead atoms. The smallest absolute Gasteiger partial charge is 0.169 e. The normalized spacial score (nSPS) is 50.5. The Morgan fingerprint density at radius 2 is 1.96 bits per heavy atom. The zero-order valence-electron chi connectivity index (χ0n) is 15.7. The van der Waals surface area contributed by atoms with Gasteiger partial charge in [0.25, 0.3) is 0 Å². The molecule has 3 saturated carbocycles. The van der Waals surface area contributed by atoms with Crippen LogP contribution in [0.2, 0.25) is 0 Å². The summed E-state index contributed by atoms with van der Waals surface area (Å²) in [6, 6.07) is 2.59. The van der Waals surface area contributed by atoms with Crippen LogP contribution in [0.25, 0.3) is 0 Å². The van der Waals surface area contributed by atoms with Crippen LogP contribution in [0.3, 0.4) is 0 Å². The highest BCUT2D eigenvalue weighted by atomic mass is 16.7. The minimum absolute atomic E-state index is 0.234. The van der Waals surface area contributed by atoms with Crippen LogP contribution in [-0.4, -0.2) is 19.0 Å². The van der Waals surface area contributed by atoms with Crippen LogP contribution in [-0.2, 0) is 9.47 Å². The summed E-state index contributed by atoms with van der Waals surface area (Å²) in [4.78, 5) is 0. The maximum Gasteiger partial charge on any atom is 0.169 e. The maximum absolute atomic E-state index is 9.51. The maximum atomic E-state index is 9.51. The fraction of sp³-hybridized carbons (Fsp3) is 0.864. The van der Waals surface area contributed by atoms with E-state index in [-0.39, 0.29) is 17.1 Å². The van der Waals surface area contributed by atoms with E-state index in [1.54, 1.807) is 5.57 Å². The number of ether oxygens (including phenoxy) is 2. The van der Waals surface area contributed by atoms with Gasteiger partial charge in [-0.05, 0) is 67.1 Å². The molecule has 4 fully saturated rings. The molecule has 4 aliphatic carbocycles. The van der Waals surface area contributed by atoms with E-state index in [1.807, 2.05) is 0 Å². The Bertz CT molecular complexity index is 643. The number of nitriles is 1. The number of fused-ring (bicyclic) bond motifs is 5. The predicted molar refractivity (Wildman–Crippen MR) is 95.4 cm³/mol. The molecule has 1 spiro atoms. The lowest BCUT2D eigenvalue weighted by atomic mass is 9.48. The van der Waals surface area contributed by atoms with Crippen molar-refractivity contribution in [2.75, 3.05) is 13.2 Å². The van der Waals surface area contributed by atoms with Crippen molar-refractivity contribution in [2.24, 2.45) is 34.5 Å². The number of rotatable bonds is 0. The van der Waals surface area contributed by atoms with Gasteiger partial charge in [0.2, 0.25) is 0 Å². The van der Waals surface area contributed by atoms with Crippen LogP contribution in [0.4, 0.5) is 0 Å². The van der Waals surface area contributed by atoms with E-state index in [0.29, 0.717) is 5.41 Å². The lowest BCUT2D eigenvalue weighted by Gasteiger charge is -2.58. The molecule has 3 heteroatoms. The van der Waals surface area contributed by atoms with Gasteiger partial charge < -0.3 is 9.47 Å². The molecule has 5 rings (SSSR count). The zero-order chi connectivity index (χ0) is 17.3. The lowest BCUT2D eigenvalue weighted by molar-refractivity contribution is -0.203. The Kier molecular flexibility index (Phi) is 3.48. The molecule has 1 aliphatic heterocycles. The van der Waals surface area contributed by atoms with E-state index >= 15 is 0 Å². The summed E-state index contributed by atoms with van der Waals surface area (Å²) in [5.41, 5.74) is 2.31. The Labute approximate surface area is 151 Å². The van der Waals surface area contributed by atoms with Gasteiger partial charge in [0, 0.05) is 18.8 Å². The molecule has 0 aromatic rings. The van der Waals surface area contributed by atoms with Gasteiger partial charge >= 0.3 is 0 Å². The standard InChI is InChI=1S/C22H31NO2/c1-20-7-6-18-17(19(20)11-15(12-20)13-23)4-3-16-5-8-22(14-21(16,18)2)24-9-10-25-22/h3,15,17-19H,4-12,14H2,1-2H3. The first-order valence-electron chi connectivity index (χ1n) is 10.4. The molecule has 0 radical (unpaired) electrons. The topological polar surface area (TPSA) is 42.2 Å². The summed E-state index contributed by atoms with van der Waals surface area (Å²) < 4.78 is 12.2. The molecule has 5 aliphatic rings. The Morgan fingerprint density at radius 3 is 2.72 bits per heavy atom. The Hall–Kier alpha value is -0.850. The van der Waals surface area contributed by atoms with Crippen LogP contribution in [0, 0.1) is 45.8 Å². The highest BCUT2D eigenvalue weighted by Gasteiger charge is 2.60. The van der Waals surface area contributed by atoms with Crippen LogP contribution in [0.15, 0.2) is 11.6 Å². The minimum Gasteiger partial charge on any atom is -0.347 e. The molecule has 0 amide bonds. The molecular formula is C22H31NO2. The van der Waals surface area contributed by atoms with E-state index in [2.05, 4.69) is 26.0 Å². The summed E-state index contributed by atoms with van der Waals surface area (Å²) in [6.07, 6.45) is 11.9. The summed E-state index contributed by atoms with van der Waals surface area (Å²) in [6.45, 7) is 6.49. The van der Waals surface area contributed by atoms with Crippen molar-refractivity contribution in [1.82, 2.24) is 0 Å². The second-order valence-corrected chi connectivity index (χ2v) is 10.0. The highest BCUT2D eigenvalue weighted by molar-refractivity contribution is 5.26. The average Bonchev–Trinajstić information content (AvgIpc) is 3.17. The largest absolute Gasteiger partial charge is 0.347 e. The fourth-order valence-corrected chi connectivity index (χ4v) is 7.66. The molecule has 0 N–H and O–H groups in total. The molecule has 136 valence electrons. The first kappa shape index (κ1) is 16.3. The third-order valence-corrected chi connectivity index (χ3v) is 8.80. The van der Waals surface area contributed by atoms with Gasteiger partial charge in [0.1, 0.15) is 0 Å². The lowest BCUT2D eigenvalue weighted by Crippen LogP contribution is -2.52. The van der Waals surface area contributed by atoms with Crippen LogP contribution >= 0.6 is 0 Å². The third kappa shape index (κ3) is 2.23. The average molecular weight is 341 g/mol. The van der Waals surface area contributed by atoms with Gasteiger partial charge in [0.15, 0.2) is 5.79 Å². The molecule has 1 saturated heterocycles. The number of nitrogens with zero attached hydrogens (tertiary/aromatic N) is 1. The van der Waals surface area contributed by atoms with Gasteiger partial charge in [-0.2, -0.15) is 5.26 Å². The molecule has 3 nitrogen and oxygen atoms in total. The van der Waals surface area contributed by atoms with Crippen molar-refractivity contribution in [3.63, 3.8) is 0 Å². The number of allylic oxidation sites excluding steroid dienone is 2. The van der Waals surface area contributed by atoms with Crippen molar-refractivity contribution in [2.45, 2.75) is 71.0 Å².